The lowest BCUT2D eigenvalue weighted by Gasteiger charge is -2.23. The normalized spacial score (nSPS) is 13.5. The molecule has 138 valence electrons. The third-order valence-electron chi connectivity index (χ3n) is 4.93. The molecule has 0 saturated heterocycles. The van der Waals surface area contributed by atoms with E-state index in [9.17, 15) is 0 Å². The summed E-state index contributed by atoms with van der Waals surface area (Å²) in [5.41, 5.74) is 1.82. The molecule has 0 fully saturated rings. The van der Waals surface area contributed by atoms with E-state index in [4.69, 9.17) is 11.4 Å². The zero-order chi connectivity index (χ0) is 19.3. The van der Waals surface area contributed by atoms with Crippen molar-refractivity contribution in [2.24, 2.45) is 0 Å². The van der Waals surface area contributed by atoms with Crippen LogP contribution in [-0.4, -0.2) is 20.8 Å². The van der Waals surface area contributed by atoms with Gasteiger partial charge in [-0.25, -0.2) is 0 Å². The third-order valence-corrected chi connectivity index (χ3v) is 6.72. The van der Waals surface area contributed by atoms with Gasteiger partial charge in [-0.05, 0) is 54.4 Å². The van der Waals surface area contributed by atoms with E-state index in [-0.39, 0.29) is 5.60 Å². The van der Waals surface area contributed by atoms with E-state index >= 15 is 0 Å². The predicted octanol–water partition coefficient (Wildman–Crippen LogP) is 6.23. The van der Waals surface area contributed by atoms with Gasteiger partial charge in [0.2, 0.25) is 0 Å². The summed E-state index contributed by atoms with van der Waals surface area (Å²) in [5.74, 6) is 1.66. The van der Waals surface area contributed by atoms with Gasteiger partial charge in [0, 0.05) is 16.7 Å². The maximum absolute atomic E-state index is 6.37. The maximum atomic E-state index is 6.37. The summed E-state index contributed by atoms with van der Waals surface area (Å²) < 4.78 is 18.9. The summed E-state index contributed by atoms with van der Waals surface area (Å²) in [5, 5.41) is 4.68. The summed E-state index contributed by atoms with van der Waals surface area (Å²) in [7, 11) is 0. The first-order valence-electron chi connectivity index (χ1n) is 9.55. The second kappa shape index (κ2) is 6.53. The van der Waals surface area contributed by atoms with Gasteiger partial charge in [-0.15, -0.1) is 0 Å². The van der Waals surface area contributed by atoms with Crippen LogP contribution in [0, 0.1) is 0 Å². The molecule has 0 aromatic heterocycles. The molecular formula is C24H21AlO3. The highest BCUT2D eigenvalue weighted by molar-refractivity contribution is 6.40. The van der Waals surface area contributed by atoms with E-state index in [1.807, 2.05) is 32.9 Å². The fraction of sp³-hybridized carbons (Fsp3) is 0.167. The van der Waals surface area contributed by atoms with Crippen LogP contribution in [0.25, 0.3) is 32.7 Å². The Morgan fingerprint density at radius 2 is 1.11 bits per heavy atom. The van der Waals surface area contributed by atoms with E-state index in [1.54, 1.807) is 0 Å². The minimum Gasteiger partial charge on any atom is -0.588 e. The molecule has 1 aliphatic heterocycles. The average molecular weight is 384 g/mol. The fourth-order valence-corrected chi connectivity index (χ4v) is 5.31. The van der Waals surface area contributed by atoms with Gasteiger partial charge in [0.05, 0.1) is 11.5 Å². The molecule has 0 amide bonds. The second-order valence-corrected chi connectivity index (χ2v) is 9.36. The van der Waals surface area contributed by atoms with Gasteiger partial charge < -0.3 is 11.4 Å². The lowest BCUT2D eigenvalue weighted by Crippen LogP contribution is -2.40. The number of fused-ring (bicyclic) bond motifs is 7. The molecule has 0 radical (unpaired) electrons. The minimum absolute atomic E-state index is 0.338. The molecule has 4 aromatic carbocycles. The lowest BCUT2D eigenvalue weighted by molar-refractivity contribution is 0.0748. The van der Waals surface area contributed by atoms with Crippen molar-refractivity contribution >= 4 is 36.7 Å². The predicted molar refractivity (Wildman–Crippen MR) is 115 cm³/mol. The first-order chi connectivity index (χ1) is 13.5. The van der Waals surface area contributed by atoms with E-state index in [1.165, 1.54) is 10.8 Å². The Morgan fingerprint density at radius 1 is 0.643 bits per heavy atom. The summed E-state index contributed by atoms with van der Waals surface area (Å²) in [6.45, 7) is 6.08. The van der Waals surface area contributed by atoms with Gasteiger partial charge in [0.1, 0.15) is 0 Å². The van der Waals surface area contributed by atoms with Crippen molar-refractivity contribution in [2.45, 2.75) is 26.4 Å². The zero-order valence-corrected chi connectivity index (χ0v) is 17.4. The third kappa shape index (κ3) is 3.04. The second-order valence-electron chi connectivity index (χ2n) is 8.07. The molecule has 0 unspecified atom stereocenters. The highest BCUT2D eigenvalue weighted by atomic mass is 27.3. The van der Waals surface area contributed by atoms with Crippen molar-refractivity contribution in [2.75, 3.05) is 0 Å². The zero-order valence-electron chi connectivity index (χ0n) is 16.2. The minimum atomic E-state index is -2.43. The van der Waals surface area contributed by atoms with Gasteiger partial charge in [-0.1, -0.05) is 60.7 Å². The first kappa shape index (κ1) is 17.6. The standard InChI is InChI=1S/C20H14O2.C4H9O.Al/c21-17-11-9-13-5-1-3-7-15(13)19(17)20-16-8-4-2-6-14(16)10-12-18(20)22;1-4(2,3)5;/h1-12,21-22H;1-3H3;/q;-1;+3/p-2. The highest BCUT2D eigenvalue weighted by Crippen LogP contribution is 2.47. The van der Waals surface area contributed by atoms with Gasteiger partial charge >= 0.3 is 15.1 Å². The van der Waals surface area contributed by atoms with Crippen molar-refractivity contribution in [1.29, 1.82) is 0 Å². The molecule has 0 spiro atoms. The molecule has 0 aliphatic carbocycles. The van der Waals surface area contributed by atoms with Crippen molar-refractivity contribution in [3.8, 4) is 22.6 Å². The summed E-state index contributed by atoms with van der Waals surface area (Å²) in [4.78, 5) is 0. The van der Waals surface area contributed by atoms with Crippen molar-refractivity contribution in [1.82, 2.24) is 0 Å². The van der Waals surface area contributed by atoms with Crippen LogP contribution in [0.4, 0.5) is 0 Å². The molecule has 3 nitrogen and oxygen atoms in total. The molecule has 0 saturated carbocycles. The molecule has 1 heterocycles. The molecule has 0 N–H and O–H groups in total. The number of benzene rings is 4. The van der Waals surface area contributed by atoms with E-state index in [0.29, 0.717) is 0 Å². The van der Waals surface area contributed by atoms with E-state index in [0.717, 1.165) is 33.4 Å². The lowest BCUT2D eigenvalue weighted by atomic mass is 9.92. The highest BCUT2D eigenvalue weighted by Gasteiger charge is 2.46. The van der Waals surface area contributed by atoms with Crippen LogP contribution in [0.1, 0.15) is 20.8 Å². The SMILES string of the molecule is CC(C)(C)[O][Al]1[O]c2ccc3ccccc3c2-c2c(ccc3ccccc23)[O]1. The van der Waals surface area contributed by atoms with Crippen LogP contribution in [0.15, 0.2) is 72.8 Å². The van der Waals surface area contributed by atoms with Crippen LogP contribution in [-0.2, 0) is 3.79 Å². The Hall–Kier alpha value is -2.51. The molecule has 0 bridgehead atoms. The van der Waals surface area contributed by atoms with Gasteiger partial charge in [0.25, 0.3) is 0 Å². The van der Waals surface area contributed by atoms with E-state index in [2.05, 4.69) is 60.7 Å². The number of hydrogen-bond donors (Lipinski definition) is 0. The Labute approximate surface area is 169 Å². The van der Waals surface area contributed by atoms with Crippen LogP contribution in [0.2, 0.25) is 0 Å². The molecule has 0 atom stereocenters. The Kier molecular flexibility index (Phi) is 4.10. The molecule has 1 aliphatic rings. The quantitative estimate of drug-likeness (QED) is 0.364. The van der Waals surface area contributed by atoms with E-state index < -0.39 is 15.1 Å². The van der Waals surface area contributed by atoms with Gasteiger partial charge in [0.15, 0.2) is 0 Å². The molecule has 4 heteroatoms. The maximum Gasteiger partial charge on any atom is 1.10 e. The van der Waals surface area contributed by atoms with Crippen LogP contribution in [0.5, 0.6) is 11.5 Å². The Bertz CT molecular complexity index is 1110. The monoisotopic (exact) mass is 384 g/mol. The Balaban J connectivity index is 1.85. The van der Waals surface area contributed by atoms with Crippen molar-refractivity contribution < 1.29 is 11.4 Å². The van der Waals surface area contributed by atoms with Gasteiger partial charge in [-0.3, -0.25) is 0 Å². The Morgan fingerprint density at radius 3 is 1.57 bits per heavy atom. The molecule has 28 heavy (non-hydrogen) atoms. The number of hydrogen-bond acceptors (Lipinski definition) is 3. The first-order valence-corrected chi connectivity index (χ1v) is 11.0. The van der Waals surface area contributed by atoms with Gasteiger partial charge in [-0.2, -0.15) is 0 Å². The van der Waals surface area contributed by atoms with Crippen LogP contribution in [0.3, 0.4) is 0 Å². The molecule has 5 rings (SSSR count). The van der Waals surface area contributed by atoms with Crippen LogP contribution >= 0.6 is 0 Å². The fourth-order valence-electron chi connectivity index (χ4n) is 3.78. The molecule has 4 aromatic rings. The summed E-state index contributed by atoms with van der Waals surface area (Å²) in [6.07, 6.45) is 0. The van der Waals surface area contributed by atoms with Crippen molar-refractivity contribution in [3.63, 3.8) is 0 Å². The molecular weight excluding hydrogens is 363 g/mol. The summed E-state index contributed by atoms with van der Waals surface area (Å²) in [6, 6.07) is 25.1. The summed E-state index contributed by atoms with van der Waals surface area (Å²) >= 11 is -2.43. The largest absolute Gasteiger partial charge is 1.10 e. The topological polar surface area (TPSA) is 27.7 Å². The number of rotatable bonds is 1. The smallest absolute Gasteiger partial charge is 0.588 e. The van der Waals surface area contributed by atoms with Crippen molar-refractivity contribution in [3.05, 3.63) is 72.8 Å². The van der Waals surface area contributed by atoms with Crippen LogP contribution < -0.4 is 7.58 Å². The average Bonchev–Trinajstić information content (AvgIpc) is 2.82.